The molecule has 0 saturated heterocycles. The van der Waals surface area contributed by atoms with Crippen LogP contribution in [0.4, 0.5) is 0 Å². The number of nitriles is 1. The molecule has 0 bridgehead atoms. The molecule has 0 amide bonds. The minimum absolute atomic E-state index is 0.502. The zero-order valence-corrected chi connectivity index (χ0v) is 12.7. The van der Waals surface area contributed by atoms with Crippen LogP contribution in [0.5, 0.6) is 17.2 Å². The second-order valence-electron chi connectivity index (χ2n) is 5.33. The van der Waals surface area contributed by atoms with E-state index in [1.54, 1.807) is 19.2 Å². The van der Waals surface area contributed by atoms with Gasteiger partial charge in [-0.05, 0) is 18.9 Å². The molecule has 5 nitrogen and oxygen atoms in total. The maximum Gasteiger partial charge on any atom is 0.164 e. The Morgan fingerprint density at radius 1 is 1.05 bits per heavy atom. The first-order valence-corrected chi connectivity index (χ1v) is 7.01. The molecule has 1 aliphatic carbocycles. The van der Waals surface area contributed by atoms with E-state index in [0.717, 1.165) is 12.8 Å². The van der Waals surface area contributed by atoms with Crippen molar-refractivity contribution >= 4 is 0 Å². The van der Waals surface area contributed by atoms with E-state index in [-0.39, 0.29) is 0 Å². The Bertz CT molecular complexity index is 544. The Morgan fingerprint density at radius 2 is 1.57 bits per heavy atom. The monoisotopic (exact) mass is 291 g/mol. The number of hydrogen-bond acceptors (Lipinski definition) is 5. The number of hydrogen-bond donors (Lipinski definition) is 1. The van der Waals surface area contributed by atoms with E-state index >= 15 is 0 Å². The largest absolute Gasteiger partial charge is 0.496 e. The summed E-state index contributed by atoms with van der Waals surface area (Å²) in [5.74, 6) is 1.54. The van der Waals surface area contributed by atoms with E-state index < -0.39 is 11.5 Å². The summed E-state index contributed by atoms with van der Waals surface area (Å²) in [6.07, 6.45) is 2.41. The van der Waals surface area contributed by atoms with E-state index in [2.05, 4.69) is 6.07 Å². The fourth-order valence-electron chi connectivity index (χ4n) is 3.02. The van der Waals surface area contributed by atoms with Crippen molar-refractivity contribution < 1.29 is 19.3 Å². The van der Waals surface area contributed by atoms with Crippen LogP contribution in [0.25, 0.3) is 0 Å². The number of aliphatic hydroxyl groups is 1. The van der Waals surface area contributed by atoms with E-state index in [1.807, 2.05) is 0 Å². The first-order valence-electron chi connectivity index (χ1n) is 7.01. The first-order chi connectivity index (χ1) is 10.1. The summed E-state index contributed by atoms with van der Waals surface area (Å²) in [5, 5.41) is 20.3. The molecule has 0 radical (unpaired) electrons. The lowest BCUT2D eigenvalue weighted by molar-refractivity contribution is 0.0645. The van der Waals surface area contributed by atoms with Gasteiger partial charge in [0.25, 0.3) is 0 Å². The van der Waals surface area contributed by atoms with Gasteiger partial charge in [-0.25, -0.2) is 0 Å². The second-order valence-corrected chi connectivity index (χ2v) is 5.33. The van der Waals surface area contributed by atoms with Crippen LogP contribution in [0, 0.1) is 16.7 Å². The van der Waals surface area contributed by atoms with Gasteiger partial charge in [-0.1, -0.05) is 12.8 Å². The summed E-state index contributed by atoms with van der Waals surface area (Å²) < 4.78 is 15.9. The van der Waals surface area contributed by atoms with Gasteiger partial charge in [0.1, 0.15) is 11.9 Å². The molecule has 1 aromatic carbocycles. The van der Waals surface area contributed by atoms with Crippen molar-refractivity contribution in [3.8, 4) is 23.3 Å². The predicted octanol–water partition coefficient (Wildman–Crippen LogP) is 2.83. The third-order valence-corrected chi connectivity index (χ3v) is 4.27. The molecular weight excluding hydrogens is 270 g/mol. The predicted molar refractivity (Wildman–Crippen MR) is 77.6 cm³/mol. The van der Waals surface area contributed by atoms with E-state index in [0.29, 0.717) is 35.7 Å². The lowest BCUT2D eigenvalue weighted by Crippen LogP contribution is -2.24. The van der Waals surface area contributed by atoms with E-state index in [9.17, 15) is 10.4 Å². The summed E-state index contributed by atoms with van der Waals surface area (Å²) >= 11 is 0. The van der Waals surface area contributed by atoms with Crippen molar-refractivity contribution in [3.05, 3.63) is 17.7 Å². The number of aliphatic hydroxyl groups excluding tert-OH is 1. The molecule has 1 fully saturated rings. The molecule has 1 atom stereocenters. The second kappa shape index (κ2) is 6.23. The summed E-state index contributed by atoms with van der Waals surface area (Å²) in [6.45, 7) is 0. The molecule has 0 aliphatic heterocycles. The minimum atomic E-state index is -0.903. The van der Waals surface area contributed by atoms with Crippen LogP contribution in [-0.4, -0.2) is 26.4 Å². The summed E-state index contributed by atoms with van der Waals surface area (Å²) in [7, 11) is 4.61. The normalized spacial score (nSPS) is 17.9. The Labute approximate surface area is 125 Å². The van der Waals surface area contributed by atoms with Crippen LogP contribution < -0.4 is 14.2 Å². The van der Waals surface area contributed by atoms with Gasteiger partial charge in [0.05, 0.1) is 32.8 Å². The minimum Gasteiger partial charge on any atom is -0.496 e. The maximum atomic E-state index is 10.8. The third-order valence-electron chi connectivity index (χ3n) is 4.27. The number of rotatable bonds is 5. The van der Waals surface area contributed by atoms with Crippen molar-refractivity contribution in [2.24, 2.45) is 5.41 Å². The summed E-state index contributed by atoms with van der Waals surface area (Å²) in [6, 6.07) is 5.69. The maximum absolute atomic E-state index is 10.8. The molecule has 5 heteroatoms. The Hall–Kier alpha value is -1.93. The van der Waals surface area contributed by atoms with Gasteiger partial charge < -0.3 is 19.3 Å². The first kappa shape index (κ1) is 15.5. The molecule has 1 aliphatic rings. The van der Waals surface area contributed by atoms with Gasteiger partial charge in [-0.2, -0.15) is 5.26 Å². The van der Waals surface area contributed by atoms with Crippen molar-refractivity contribution in [1.29, 1.82) is 5.26 Å². The Morgan fingerprint density at radius 3 is 2.05 bits per heavy atom. The number of ether oxygens (including phenoxy) is 3. The van der Waals surface area contributed by atoms with E-state index in [1.165, 1.54) is 14.2 Å². The smallest absolute Gasteiger partial charge is 0.164 e. The van der Waals surface area contributed by atoms with Crippen molar-refractivity contribution in [2.45, 2.75) is 31.8 Å². The van der Waals surface area contributed by atoms with Gasteiger partial charge in [-0.3, -0.25) is 0 Å². The highest BCUT2D eigenvalue weighted by molar-refractivity contribution is 5.52. The molecule has 1 unspecified atom stereocenters. The molecular formula is C16H21NO4. The topological polar surface area (TPSA) is 71.7 Å². The van der Waals surface area contributed by atoms with Crippen LogP contribution >= 0.6 is 0 Å². The zero-order chi connectivity index (χ0) is 15.5. The van der Waals surface area contributed by atoms with Gasteiger partial charge in [0.15, 0.2) is 11.5 Å². The van der Waals surface area contributed by atoms with Crippen molar-refractivity contribution in [1.82, 2.24) is 0 Å². The molecule has 0 spiro atoms. The van der Waals surface area contributed by atoms with Crippen LogP contribution in [-0.2, 0) is 0 Å². The van der Waals surface area contributed by atoms with Crippen LogP contribution in [0.2, 0.25) is 0 Å². The van der Waals surface area contributed by atoms with Crippen LogP contribution in [0.3, 0.4) is 0 Å². The fourth-order valence-corrected chi connectivity index (χ4v) is 3.02. The highest BCUT2D eigenvalue weighted by Crippen LogP contribution is 2.50. The molecule has 21 heavy (non-hydrogen) atoms. The van der Waals surface area contributed by atoms with Crippen LogP contribution in [0.15, 0.2) is 12.1 Å². The molecule has 0 heterocycles. The highest BCUT2D eigenvalue weighted by atomic mass is 16.5. The fraction of sp³-hybridized carbons (Fsp3) is 0.562. The summed E-state index contributed by atoms with van der Waals surface area (Å²) in [4.78, 5) is 0. The average Bonchev–Trinajstić information content (AvgIpc) is 3.02. The summed E-state index contributed by atoms with van der Waals surface area (Å²) in [5.41, 5.74) is -0.175. The van der Waals surface area contributed by atoms with Gasteiger partial charge >= 0.3 is 0 Å². The SMILES string of the molecule is COc1cc(OC)c(C(O)C2(C#N)CCCC2)cc1OC. The molecule has 1 N–H and O–H groups in total. The number of nitrogens with zero attached hydrogens (tertiary/aromatic N) is 1. The average molecular weight is 291 g/mol. The highest BCUT2D eigenvalue weighted by Gasteiger charge is 2.43. The van der Waals surface area contributed by atoms with Crippen molar-refractivity contribution in [2.75, 3.05) is 21.3 Å². The Kier molecular flexibility index (Phi) is 4.59. The van der Waals surface area contributed by atoms with Gasteiger partial charge in [0, 0.05) is 11.6 Å². The molecule has 2 rings (SSSR count). The van der Waals surface area contributed by atoms with Crippen LogP contribution in [0.1, 0.15) is 37.4 Å². The number of methoxy groups -OCH3 is 3. The third kappa shape index (κ3) is 2.64. The Balaban J connectivity index is 2.49. The van der Waals surface area contributed by atoms with Gasteiger partial charge in [-0.15, -0.1) is 0 Å². The number of benzene rings is 1. The molecule has 1 saturated carbocycles. The molecule has 114 valence electrons. The van der Waals surface area contributed by atoms with Gasteiger partial charge in [0.2, 0.25) is 0 Å². The quantitative estimate of drug-likeness (QED) is 0.903. The standard InChI is InChI=1S/C16H21NO4/c1-19-12-9-14(21-3)13(20-2)8-11(12)15(18)16(10-17)6-4-5-7-16/h8-9,15,18H,4-7H2,1-3H3. The lowest BCUT2D eigenvalue weighted by Gasteiger charge is -2.28. The van der Waals surface area contributed by atoms with E-state index in [4.69, 9.17) is 14.2 Å². The molecule has 0 aromatic heterocycles. The van der Waals surface area contributed by atoms with Crippen molar-refractivity contribution in [3.63, 3.8) is 0 Å². The zero-order valence-electron chi connectivity index (χ0n) is 12.7. The molecule has 1 aromatic rings. The lowest BCUT2D eigenvalue weighted by atomic mass is 9.78.